The van der Waals surface area contributed by atoms with E-state index in [0.29, 0.717) is 38.9 Å². The van der Waals surface area contributed by atoms with Crippen molar-refractivity contribution in [1.29, 1.82) is 0 Å². The second kappa shape index (κ2) is 42.0. The Kier molecular flexibility index (Phi) is 27.6. The van der Waals surface area contributed by atoms with Crippen molar-refractivity contribution in [3.05, 3.63) is 486 Å². The Bertz CT molecular complexity index is 8820. The lowest BCUT2D eigenvalue weighted by molar-refractivity contribution is 0.100. The number of hydrogen-bond donors (Lipinski definition) is 5. The van der Waals surface area contributed by atoms with Crippen molar-refractivity contribution < 1.29 is 35.1 Å². The third-order valence-corrected chi connectivity index (χ3v) is 26.4. The number of benzene rings is 18. The number of Topliss-reactive ketones (excluding diaryl/α,β-unsaturated/α-hetero) is 2. The summed E-state index contributed by atoms with van der Waals surface area (Å²) in [5.41, 5.74) is 20.5. The first-order chi connectivity index (χ1) is 70.6. The lowest BCUT2D eigenvalue weighted by Gasteiger charge is -2.14. The number of para-hydroxylation sites is 5. The van der Waals surface area contributed by atoms with Gasteiger partial charge in [0.2, 0.25) is 0 Å². The SMILES string of the molecule is CC(=O)c1cc(-c2ccc(C)cc2C)n(/N=C/c2cccc(-c3c4ccccc4cc4ccccc34)c2O)c1C.CC(=O)c1cc(C)n(/N=C/c2cccc(-c3c4ccccc4cc4ccccc34)c2O)c1C.Cc1ccc(C)n1/N=C/c1cccc(-c2c3ccccc3cc3ccccc23)c1O.Oc1c(/C=N/n2cccc2)cccc1-c1c2ccccc2cc2ccccc12.Oc1ccccc1/C=N/n1cccc1. The van der Waals surface area contributed by atoms with E-state index in [1.165, 1.54) is 5.56 Å². The second-order valence-electron chi connectivity index (χ2n) is 36.0. The fraction of sp³-hybridized carbons (Fsp3) is 0.0703. The van der Waals surface area contributed by atoms with Crippen LogP contribution >= 0.6 is 0 Å². The molecule has 5 aromatic heterocycles. The normalized spacial score (nSPS) is 11.5. The lowest BCUT2D eigenvalue weighted by Crippen LogP contribution is -2.00. The summed E-state index contributed by atoms with van der Waals surface area (Å²) in [4.78, 5) is 24.3. The third kappa shape index (κ3) is 19.9. The van der Waals surface area contributed by atoms with Crippen LogP contribution in [0, 0.1) is 48.5 Å². The van der Waals surface area contributed by atoms with Gasteiger partial charge in [0.25, 0.3) is 0 Å². The van der Waals surface area contributed by atoms with Gasteiger partial charge in [0.15, 0.2) is 11.6 Å². The van der Waals surface area contributed by atoms with Crippen molar-refractivity contribution in [2.75, 3.05) is 0 Å². The largest absolute Gasteiger partial charge is 0.507 e. The number of hydrogen-bond acceptors (Lipinski definition) is 12. The van der Waals surface area contributed by atoms with Gasteiger partial charge in [-0.1, -0.05) is 279 Å². The van der Waals surface area contributed by atoms with Crippen molar-refractivity contribution in [2.45, 2.75) is 62.3 Å². The number of fused-ring (bicyclic) bond motifs is 8. The molecule has 708 valence electrons. The number of carbonyl (C=O) groups is 2. The Labute approximate surface area is 839 Å². The Morgan fingerprint density at radius 2 is 0.517 bits per heavy atom. The molecule has 0 bridgehead atoms. The predicted octanol–water partition coefficient (Wildman–Crippen LogP) is 30.5. The summed E-state index contributed by atoms with van der Waals surface area (Å²) < 4.78 is 8.79. The van der Waals surface area contributed by atoms with Crippen molar-refractivity contribution in [3.63, 3.8) is 0 Å². The average molecular weight is 1890 g/mol. The van der Waals surface area contributed by atoms with E-state index >= 15 is 0 Å². The molecule has 5 N–H and O–H groups in total. The molecule has 0 atom stereocenters. The van der Waals surface area contributed by atoms with E-state index in [-0.39, 0.29) is 40.3 Å². The Hall–Kier alpha value is -18.9. The van der Waals surface area contributed by atoms with Crippen LogP contribution in [0.1, 0.15) is 102 Å². The van der Waals surface area contributed by atoms with E-state index in [1.54, 1.807) is 75.8 Å². The van der Waals surface area contributed by atoms with Gasteiger partial charge in [-0.2, -0.15) is 25.5 Å². The van der Waals surface area contributed by atoms with Gasteiger partial charge in [-0.05, 0) is 263 Å². The van der Waals surface area contributed by atoms with Gasteiger partial charge in [-0.3, -0.25) is 9.59 Å². The molecule has 17 nitrogen and oxygen atoms in total. The number of rotatable bonds is 17. The first-order valence-electron chi connectivity index (χ1n) is 47.9. The molecule has 5 heterocycles. The molecule has 0 spiro atoms. The number of aromatic nitrogens is 5. The number of phenolic OH excluding ortho intramolecular Hbond substituents is 5. The van der Waals surface area contributed by atoms with Gasteiger partial charge < -0.3 is 25.5 Å². The summed E-state index contributed by atoms with van der Waals surface area (Å²) >= 11 is 0. The molecule has 23 rings (SSSR count). The molecule has 17 heteroatoms. The summed E-state index contributed by atoms with van der Waals surface area (Å²) in [6, 6.07) is 127. The maximum absolute atomic E-state index is 12.4. The van der Waals surface area contributed by atoms with Gasteiger partial charge in [0, 0.05) is 137 Å². The van der Waals surface area contributed by atoms with Gasteiger partial charge in [0.05, 0.1) is 42.5 Å². The van der Waals surface area contributed by atoms with E-state index in [4.69, 9.17) is 5.10 Å². The van der Waals surface area contributed by atoms with Crippen LogP contribution in [0.15, 0.2) is 432 Å². The molecule has 0 aliphatic heterocycles. The summed E-state index contributed by atoms with van der Waals surface area (Å²) in [7, 11) is 0. The zero-order valence-electron chi connectivity index (χ0n) is 81.6. The van der Waals surface area contributed by atoms with E-state index in [1.807, 2.05) is 295 Å². The van der Waals surface area contributed by atoms with E-state index < -0.39 is 0 Å². The molecule has 145 heavy (non-hydrogen) atoms. The highest BCUT2D eigenvalue weighted by Crippen LogP contribution is 2.47. The molecule has 0 fully saturated rings. The number of phenols is 5. The molecule has 0 amide bonds. The molecule has 23 aromatic rings. The smallest absolute Gasteiger partial charge is 0.161 e. The minimum atomic E-state index is -0.00913. The van der Waals surface area contributed by atoms with Gasteiger partial charge in [-0.15, -0.1) is 0 Å². The zero-order chi connectivity index (χ0) is 100. The van der Waals surface area contributed by atoms with E-state index in [2.05, 4.69) is 174 Å². The minimum Gasteiger partial charge on any atom is -0.507 e. The highest BCUT2D eigenvalue weighted by Gasteiger charge is 2.24. The second-order valence-corrected chi connectivity index (χ2v) is 36.0. The maximum Gasteiger partial charge on any atom is 0.161 e. The molecular formula is C128H104N10O7. The number of nitrogens with zero attached hydrogens (tertiary/aromatic N) is 10. The fourth-order valence-corrected chi connectivity index (χ4v) is 19.2. The molecule has 18 aromatic carbocycles. The Balaban J connectivity index is 0.000000118. The van der Waals surface area contributed by atoms with Crippen LogP contribution in [0.5, 0.6) is 28.7 Å². The van der Waals surface area contributed by atoms with Crippen LogP contribution in [0.4, 0.5) is 0 Å². The first-order valence-corrected chi connectivity index (χ1v) is 47.9. The quantitative estimate of drug-likeness (QED) is 0.0337. The van der Waals surface area contributed by atoms with Gasteiger partial charge in [0.1, 0.15) is 28.7 Å². The van der Waals surface area contributed by atoms with Crippen LogP contribution in [-0.4, -0.2) is 91.6 Å². The minimum absolute atomic E-state index is 0.00913. The van der Waals surface area contributed by atoms with Crippen LogP contribution in [-0.2, 0) is 0 Å². The van der Waals surface area contributed by atoms with Crippen molar-refractivity contribution in [3.8, 4) is 84.5 Å². The van der Waals surface area contributed by atoms with E-state index in [0.717, 1.165) is 176 Å². The van der Waals surface area contributed by atoms with Crippen molar-refractivity contribution in [1.82, 2.24) is 23.4 Å². The Morgan fingerprint density at radius 1 is 0.241 bits per heavy atom. The first kappa shape index (κ1) is 95.1. The number of carbonyl (C=O) groups excluding carboxylic acids is 2. The molecule has 0 saturated carbocycles. The number of ketones is 2. The van der Waals surface area contributed by atoms with E-state index in [9.17, 15) is 35.1 Å². The maximum atomic E-state index is 12.4. The number of aryl methyl sites for hydroxylation is 5. The summed E-state index contributed by atoms with van der Waals surface area (Å²) in [6.07, 6.45) is 15.7. The monoisotopic (exact) mass is 1890 g/mol. The lowest BCUT2D eigenvalue weighted by atomic mass is 9.91. The summed E-state index contributed by atoms with van der Waals surface area (Å²) in [5, 5.41) is 95.1. The molecule has 0 unspecified atom stereocenters. The number of aromatic hydroxyl groups is 5. The van der Waals surface area contributed by atoms with Crippen LogP contribution in [0.2, 0.25) is 0 Å². The molecule has 0 aliphatic rings. The van der Waals surface area contributed by atoms with Crippen molar-refractivity contribution >= 4 is 129 Å². The topological polar surface area (TPSA) is 222 Å². The zero-order valence-corrected chi connectivity index (χ0v) is 81.6. The molecule has 0 saturated heterocycles. The van der Waals surface area contributed by atoms with Gasteiger partial charge >= 0.3 is 0 Å². The molecule has 0 aliphatic carbocycles. The standard InChI is InChI=1S/C36H30N2O2.C29H24N2O2.C27H22N2O.C25H18N2O.C11H10N2O/c1-22-16-17-29(23(2)18-22)34-20-33(25(4)39)24(3)38(34)37-21-28-12-9-15-32(36(28)40)35-30-13-7-5-10-26(30)19-27-11-6-8-14-31(27)35;1-18-15-27(20(3)32)19(2)31(18)30-17-23-11-8-14-26(29(23)33)28-24-12-6-4-9-21(24)16-22-10-5-7-13-25(22)28;1-18-14-15-19(2)29(18)28-17-22-10-7-13-25(27(22)30)26-23-11-5-3-8-20(23)16-21-9-4-6-12-24(21)26;28-25-20(17-26-27-14-5-6-15-27)10-7-13-23(25)24-21-11-3-1-8-18(21)16-19-9-2-4-12-22(19)24;14-11-6-2-1-5-10(11)9-12-13-7-3-4-8-13/h5-21,40H,1-4H3;4-17,33H,1-3H3;3-17,30H,1-2H3;1-17,28H;1-9,14H/b37-21+;30-17+;28-17+;26-17+;12-9+. The van der Waals surface area contributed by atoms with Crippen molar-refractivity contribution in [2.24, 2.45) is 25.5 Å². The highest BCUT2D eigenvalue weighted by atomic mass is 16.3. The summed E-state index contributed by atoms with van der Waals surface area (Å²) in [5.74, 6) is 1.06. The van der Waals surface area contributed by atoms with Crippen LogP contribution in [0.25, 0.3) is 142 Å². The summed E-state index contributed by atoms with van der Waals surface area (Å²) in [6.45, 7) is 17.0. The average Bonchev–Trinajstić information content (AvgIpc) is 1.46. The highest BCUT2D eigenvalue weighted by molar-refractivity contribution is 6.18. The van der Waals surface area contributed by atoms with Gasteiger partial charge in [-0.25, -0.2) is 23.4 Å². The van der Waals surface area contributed by atoms with Crippen LogP contribution < -0.4 is 0 Å². The predicted molar refractivity (Wildman–Crippen MR) is 598 cm³/mol. The van der Waals surface area contributed by atoms with Crippen LogP contribution in [0.3, 0.4) is 0 Å². The Morgan fingerprint density at radius 3 is 0.834 bits per heavy atom. The third-order valence-electron chi connectivity index (χ3n) is 26.4. The fourth-order valence-electron chi connectivity index (χ4n) is 19.2. The molecular weight excluding hydrogens is 1790 g/mol. The molecule has 0 radical (unpaired) electrons.